The minimum absolute atomic E-state index is 0.0177. The predicted octanol–water partition coefficient (Wildman–Crippen LogP) is 5.19. The molecule has 0 radical (unpaired) electrons. The fraction of sp³-hybridized carbons (Fsp3) is 0.138. The van der Waals surface area contributed by atoms with Gasteiger partial charge in [-0.3, -0.25) is 13.8 Å². The van der Waals surface area contributed by atoms with Crippen molar-refractivity contribution >= 4 is 54.6 Å². The number of fused-ring (bicyclic) bond motifs is 1. The molecule has 1 heterocycles. The first-order valence-corrected chi connectivity index (χ1v) is 16.0. The number of benzene rings is 4. The topological polar surface area (TPSA) is 122 Å². The SMILES string of the molecule is Cc1c(Cl)cccc1NS(=O)(=O)c1ccc(NC(=O)C2CN(S(=O)(=O)Cc3ccccc3)c3ccccc3O2)cc1. The molecule has 0 saturated heterocycles. The largest absolute Gasteiger partial charge is 0.476 e. The fourth-order valence-corrected chi connectivity index (χ4v) is 7.21. The summed E-state index contributed by atoms with van der Waals surface area (Å²) in [5.74, 6) is -0.558. The van der Waals surface area contributed by atoms with Gasteiger partial charge in [0, 0.05) is 10.7 Å². The van der Waals surface area contributed by atoms with Crippen LogP contribution in [0, 0.1) is 6.92 Å². The van der Waals surface area contributed by atoms with Crippen molar-refractivity contribution in [2.24, 2.45) is 0 Å². The molecule has 0 aromatic heterocycles. The Morgan fingerprint density at radius 1 is 0.902 bits per heavy atom. The van der Waals surface area contributed by atoms with E-state index in [4.69, 9.17) is 16.3 Å². The Morgan fingerprint density at radius 3 is 2.32 bits per heavy atom. The number of para-hydroxylation sites is 2. The molecule has 4 aromatic carbocycles. The lowest BCUT2D eigenvalue weighted by Gasteiger charge is -2.34. The van der Waals surface area contributed by atoms with E-state index >= 15 is 0 Å². The van der Waals surface area contributed by atoms with Crippen LogP contribution in [0.2, 0.25) is 5.02 Å². The van der Waals surface area contributed by atoms with Crippen molar-refractivity contribution < 1.29 is 26.4 Å². The molecular formula is C29H26ClN3O6S2. The Morgan fingerprint density at radius 2 is 1.59 bits per heavy atom. The zero-order valence-electron chi connectivity index (χ0n) is 21.8. The molecule has 0 fully saturated rings. The molecule has 5 rings (SSSR count). The van der Waals surface area contributed by atoms with Crippen LogP contribution in [0.1, 0.15) is 11.1 Å². The second-order valence-corrected chi connectivity index (χ2v) is 13.4. The van der Waals surface area contributed by atoms with E-state index in [2.05, 4.69) is 10.0 Å². The summed E-state index contributed by atoms with van der Waals surface area (Å²) >= 11 is 6.10. The van der Waals surface area contributed by atoms with E-state index in [0.717, 1.165) is 0 Å². The molecule has 0 bridgehead atoms. The Bertz CT molecular complexity index is 1800. The average molecular weight is 612 g/mol. The quantitative estimate of drug-likeness (QED) is 0.283. The van der Waals surface area contributed by atoms with Crippen molar-refractivity contribution in [3.05, 3.63) is 113 Å². The van der Waals surface area contributed by atoms with E-state index < -0.39 is 32.1 Å². The number of nitrogens with one attached hydrogen (secondary N) is 2. The van der Waals surface area contributed by atoms with Crippen molar-refractivity contribution in [1.82, 2.24) is 0 Å². The second kappa shape index (κ2) is 11.4. The number of halogens is 1. The van der Waals surface area contributed by atoms with Crippen LogP contribution in [0.3, 0.4) is 0 Å². The summed E-state index contributed by atoms with van der Waals surface area (Å²) in [6.45, 7) is 1.48. The molecule has 212 valence electrons. The summed E-state index contributed by atoms with van der Waals surface area (Å²) in [7, 11) is -7.77. The minimum Gasteiger partial charge on any atom is -0.476 e. The van der Waals surface area contributed by atoms with Crippen molar-refractivity contribution in [1.29, 1.82) is 0 Å². The minimum atomic E-state index is -3.92. The van der Waals surface area contributed by atoms with Gasteiger partial charge in [-0.2, -0.15) is 0 Å². The van der Waals surface area contributed by atoms with Gasteiger partial charge in [-0.1, -0.05) is 60.1 Å². The first-order chi connectivity index (χ1) is 19.5. The van der Waals surface area contributed by atoms with Crippen molar-refractivity contribution in [2.45, 2.75) is 23.7 Å². The van der Waals surface area contributed by atoms with Gasteiger partial charge in [-0.15, -0.1) is 0 Å². The van der Waals surface area contributed by atoms with Crippen LogP contribution in [0.25, 0.3) is 0 Å². The number of rotatable bonds is 8. The highest BCUT2D eigenvalue weighted by Gasteiger charge is 2.36. The van der Waals surface area contributed by atoms with Crippen LogP contribution in [-0.4, -0.2) is 35.4 Å². The zero-order chi connectivity index (χ0) is 29.2. The number of sulfonamides is 2. The highest BCUT2D eigenvalue weighted by Crippen LogP contribution is 2.36. The Balaban J connectivity index is 1.32. The third kappa shape index (κ3) is 6.32. The molecule has 4 aromatic rings. The van der Waals surface area contributed by atoms with E-state index in [-0.39, 0.29) is 22.9 Å². The Kier molecular flexibility index (Phi) is 7.94. The first kappa shape index (κ1) is 28.5. The van der Waals surface area contributed by atoms with E-state index in [0.29, 0.717) is 33.2 Å². The maximum atomic E-state index is 13.4. The standard InChI is InChI=1S/C29H26ClN3O6S2/c1-20-24(30)10-7-11-25(20)32-41(37,38)23-16-14-22(15-17-23)31-29(34)28-18-33(26-12-5-6-13-27(26)39-28)40(35,36)19-21-8-3-2-4-9-21/h2-17,28,32H,18-19H2,1H3,(H,31,34). The molecule has 41 heavy (non-hydrogen) atoms. The lowest BCUT2D eigenvalue weighted by atomic mass is 10.2. The van der Waals surface area contributed by atoms with Gasteiger partial charge in [0.2, 0.25) is 10.0 Å². The number of carbonyl (C=O) groups excluding carboxylic acids is 1. The fourth-order valence-electron chi connectivity index (χ4n) is 4.33. The van der Waals surface area contributed by atoms with Crippen molar-refractivity contribution in [3.63, 3.8) is 0 Å². The molecule has 0 aliphatic carbocycles. The highest BCUT2D eigenvalue weighted by molar-refractivity contribution is 7.92. The average Bonchev–Trinajstić information content (AvgIpc) is 2.95. The molecule has 0 saturated carbocycles. The van der Waals surface area contributed by atoms with Gasteiger partial charge in [0.1, 0.15) is 5.75 Å². The molecule has 1 aliphatic heterocycles. The third-order valence-electron chi connectivity index (χ3n) is 6.50. The van der Waals surface area contributed by atoms with Gasteiger partial charge < -0.3 is 10.1 Å². The van der Waals surface area contributed by atoms with Gasteiger partial charge >= 0.3 is 0 Å². The highest BCUT2D eigenvalue weighted by atomic mass is 35.5. The van der Waals surface area contributed by atoms with Gasteiger partial charge in [0.15, 0.2) is 6.10 Å². The number of carbonyl (C=O) groups is 1. The number of amides is 1. The van der Waals surface area contributed by atoms with Crippen LogP contribution in [0.5, 0.6) is 5.75 Å². The van der Waals surface area contributed by atoms with E-state index in [9.17, 15) is 21.6 Å². The van der Waals surface area contributed by atoms with Crippen LogP contribution in [0.4, 0.5) is 17.1 Å². The molecule has 1 aliphatic rings. The summed E-state index contributed by atoms with van der Waals surface area (Å²) in [5.41, 5.74) is 2.23. The molecular weight excluding hydrogens is 586 g/mol. The number of anilines is 3. The number of nitrogens with zero attached hydrogens (tertiary/aromatic N) is 1. The predicted molar refractivity (Wildman–Crippen MR) is 159 cm³/mol. The molecule has 1 amide bonds. The van der Waals surface area contributed by atoms with Gasteiger partial charge in [-0.05, 0) is 66.6 Å². The first-order valence-electron chi connectivity index (χ1n) is 12.5. The van der Waals surface area contributed by atoms with E-state index in [1.807, 2.05) is 0 Å². The maximum Gasteiger partial charge on any atom is 0.267 e. The normalized spacial score (nSPS) is 15.0. The van der Waals surface area contributed by atoms with Gasteiger partial charge in [-0.25, -0.2) is 16.8 Å². The lowest BCUT2D eigenvalue weighted by Crippen LogP contribution is -2.49. The van der Waals surface area contributed by atoms with Crippen LogP contribution in [0.15, 0.2) is 102 Å². The van der Waals surface area contributed by atoms with Crippen LogP contribution < -0.4 is 19.1 Å². The molecule has 9 nitrogen and oxygen atoms in total. The van der Waals surface area contributed by atoms with E-state index in [1.165, 1.54) is 28.6 Å². The molecule has 1 unspecified atom stereocenters. The molecule has 0 spiro atoms. The third-order valence-corrected chi connectivity index (χ3v) is 10.0. The summed E-state index contributed by atoms with van der Waals surface area (Å²) in [5, 5.41) is 3.12. The zero-order valence-corrected chi connectivity index (χ0v) is 24.2. The molecule has 12 heteroatoms. The molecule has 2 N–H and O–H groups in total. The summed E-state index contributed by atoms with van der Waals surface area (Å²) in [6.07, 6.45) is -1.15. The summed E-state index contributed by atoms with van der Waals surface area (Å²) < 4.78 is 62.2. The maximum absolute atomic E-state index is 13.4. The lowest BCUT2D eigenvalue weighted by molar-refractivity contribution is -0.122. The Hall–Kier alpha value is -4.06. The Labute approximate surface area is 243 Å². The number of hydrogen-bond donors (Lipinski definition) is 2. The van der Waals surface area contributed by atoms with Crippen LogP contribution in [-0.2, 0) is 30.6 Å². The van der Waals surface area contributed by atoms with E-state index in [1.54, 1.807) is 79.7 Å². The summed E-state index contributed by atoms with van der Waals surface area (Å²) in [6, 6.07) is 25.9. The van der Waals surface area contributed by atoms with Crippen LogP contribution >= 0.6 is 11.6 Å². The van der Waals surface area contributed by atoms with Crippen molar-refractivity contribution in [3.8, 4) is 5.75 Å². The van der Waals surface area contributed by atoms with Gasteiger partial charge in [0.05, 0.1) is 28.6 Å². The van der Waals surface area contributed by atoms with Crippen molar-refractivity contribution in [2.75, 3.05) is 20.9 Å². The molecule has 1 atom stereocenters. The number of hydrogen-bond acceptors (Lipinski definition) is 6. The monoisotopic (exact) mass is 611 g/mol. The summed E-state index contributed by atoms with van der Waals surface area (Å²) in [4.78, 5) is 13.2. The van der Waals surface area contributed by atoms with Gasteiger partial charge in [0.25, 0.3) is 15.9 Å². The second-order valence-electron chi connectivity index (χ2n) is 9.38. The number of ether oxygens (including phenoxy) is 1. The smallest absolute Gasteiger partial charge is 0.267 e.